The average Bonchev–Trinajstić information content (AvgIpc) is 3.07. The van der Waals surface area contributed by atoms with Crippen LogP contribution in [0.5, 0.6) is 0 Å². The van der Waals surface area contributed by atoms with E-state index in [9.17, 15) is 0 Å². The maximum Gasteiger partial charge on any atom is 0.223 e. The molecule has 0 unspecified atom stereocenters. The van der Waals surface area contributed by atoms with E-state index in [2.05, 4.69) is 21.5 Å². The first-order valence-corrected chi connectivity index (χ1v) is 6.03. The van der Waals surface area contributed by atoms with Crippen molar-refractivity contribution in [2.75, 3.05) is 18.1 Å². The number of nitrogens with zero attached hydrogens (tertiary/aromatic N) is 3. The largest absolute Gasteiger partial charge is 0.353 e. The predicted molar refractivity (Wildman–Crippen MR) is 60.7 cm³/mol. The van der Waals surface area contributed by atoms with Gasteiger partial charge in [0.1, 0.15) is 11.8 Å². The Labute approximate surface area is 93.1 Å². The van der Waals surface area contributed by atoms with Crippen LogP contribution < -0.4 is 5.32 Å². The number of rotatable bonds is 4. The topological polar surface area (TPSA) is 61.6 Å². The first kappa shape index (κ1) is 10.2. The van der Waals surface area contributed by atoms with Crippen molar-refractivity contribution in [3.63, 3.8) is 0 Å². The molecule has 5 heteroatoms. The molecule has 1 aliphatic rings. The molecule has 1 N–H and O–H groups in total. The number of nitriles is 1. The second-order valence-electron chi connectivity index (χ2n) is 3.62. The van der Waals surface area contributed by atoms with E-state index < -0.39 is 0 Å². The molecule has 0 spiro atoms. The van der Waals surface area contributed by atoms with Gasteiger partial charge in [-0.1, -0.05) is 0 Å². The molecule has 1 aromatic rings. The van der Waals surface area contributed by atoms with Crippen molar-refractivity contribution < 1.29 is 0 Å². The lowest BCUT2D eigenvalue weighted by atomic mass is 10.4. The Hall–Kier alpha value is -1.28. The Bertz CT molecular complexity index is 395. The van der Waals surface area contributed by atoms with Crippen molar-refractivity contribution in [3.05, 3.63) is 18.0 Å². The zero-order chi connectivity index (χ0) is 10.7. The Morgan fingerprint density at radius 1 is 1.67 bits per heavy atom. The van der Waals surface area contributed by atoms with Gasteiger partial charge in [0.2, 0.25) is 5.95 Å². The van der Waals surface area contributed by atoms with Gasteiger partial charge < -0.3 is 5.32 Å². The smallest absolute Gasteiger partial charge is 0.223 e. The highest BCUT2D eigenvalue weighted by Gasteiger charge is 2.41. The van der Waals surface area contributed by atoms with E-state index in [0.29, 0.717) is 16.4 Å². The van der Waals surface area contributed by atoms with Crippen LogP contribution in [0.1, 0.15) is 18.5 Å². The molecule has 0 aliphatic heterocycles. The van der Waals surface area contributed by atoms with Crippen LogP contribution in [-0.2, 0) is 0 Å². The lowest BCUT2D eigenvalue weighted by Crippen LogP contribution is -2.18. The van der Waals surface area contributed by atoms with Gasteiger partial charge in [-0.05, 0) is 25.2 Å². The summed E-state index contributed by atoms with van der Waals surface area (Å²) in [6, 6.07) is 3.60. The number of aromatic nitrogens is 2. The second kappa shape index (κ2) is 4.07. The van der Waals surface area contributed by atoms with Crippen LogP contribution in [0.2, 0.25) is 0 Å². The number of anilines is 1. The van der Waals surface area contributed by atoms with E-state index in [4.69, 9.17) is 5.26 Å². The summed E-state index contributed by atoms with van der Waals surface area (Å²) in [4.78, 5) is 8.13. The molecule has 0 bridgehead atoms. The first-order valence-electron chi connectivity index (χ1n) is 4.80. The van der Waals surface area contributed by atoms with Crippen molar-refractivity contribution in [2.24, 2.45) is 0 Å². The lowest BCUT2D eigenvalue weighted by Gasteiger charge is -2.12. The highest BCUT2D eigenvalue weighted by Crippen LogP contribution is 2.46. The zero-order valence-corrected chi connectivity index (χ0v) is 9.34. The third-order valence-electron chi connectivity index (χ3n) is 2.58. The summed E-state index contributed by atoms with van der Waals surface area (Å²) in [5.41, 5.74) is 0.404. The summed E-state index contributed by atoms with van der Waals surface area (Å²) in [5.74, 6) is 0.550. The van der Waals surface area contributed by atoms with Crippen LogP contribution in [-0.4, -0.2) is 27.5 Å². The molecule has 0 radical (unpaired) electrons. The van der Waals surface area contributed by atoms with E-state index >= 15 is 0 Å². The number of thioether (sulfide) groups is 1. The molecule has 1 fully saturated rings. The van der Waals surface area contributed by atoms with Gasteiger partial charge in [-0.3, -0.25) is 0 Å². The van der Waals surface area contributed by atoms with Crippen LogP contribution >= 0.6 is 11.8 Å². The number of nitrogens with one attached hydrogen (secondary N) is 1. The summed E-state index contributed by atoms with van der Waals surface area (Å²) in [5, 5.41) is 11.9. The van der Waals surface area contributed by atoms with Gasteiger partial charge in [-0.25, -0.2) is 9.97 Å². The SMILES string of the molecule is CSC1(CNc2nccc(C#N)n2)CC1. The Morgan fingerprint density at radius 2 is 2.47 bits per heavy atom. The minimum absolute atomic E-state index is 0.381. The molecule has 1 saturated carbocycles. The normalized spacial score (nSPS) is 16.8. The van der Waals surface area contributed by atoms with E-state index in [1.54, 1.807) is 12.3 Å². The summed E-state index contributed by atoms with van der Waals surface area (Å²) in [7, 11) is 0. The highest BCUT2D eigenvalue weighted by molar-refractivity contribution is 8.00. The van der Waals surface area contributed by atoms with Crippen molar-refractivity contribution in [1.29, 1.82) is 5.26 Å². The molecular formula is C10H12N4S. The molecule has 1 aliphatic carbocycles. The second-order valence-corrected chi connectivity index (χ2v) is 4.89. The first-order chi connectivity index (χ1) is 7.28. The standard InChI is InChI=1S/C10H12N4S/c1-15-10(3-4-10)7-13-9-12-5-2-8(6-11)14-9/h2,5H,3-4,7H2,1H3,(H,12,13,14). The van der Waals surface area contributed by atoms with Crippen molar-refractivity contribution in [2.45, 2.75) is 17.6 Å². The van der Waals surface area contributed by atoms with Gasteiger partial charge in [0.25, 0.3) is 0 Å². The van der Waals surface area contributed by atoms with Gasteiger partial charge in [0, 0.05) is 17.5 Å². The zero-order valence-electron chi connectivity index (χ0n) is 8.53. The summed E-state index contributed by atoms with van der Waals surface area (Å²) < 4.78 is 0.381. The Kier molecular flexibility index (Phi) is 2.78. The number of hydrogen-bond donors (Lipinski definition) is 1. The van der Waals surface area contributed by atoms with E-state index in [1.165, 1.54) is 12.8 Å². The molecule has 1 aromatic heterocycles. The van der Waals surface area contributed by atoms with Gasteiger partial charge in [0.05, 0.1) is 0 Å². The van der Waals surface area contributed by atoms with Crippen LogP contribution in [0.3, 0.4) is 0 Å². The molecule has 0 amide bonds. The fourth-order valence-electron chi connectivity index (χ4n) is 1.34. The Balaban J connectivity index is 1.96. The van der Waals surface area contributed by atoms with Crippen LogP contribution in [0.25, 0.3) is 0 Å². The molecule has 0 atom stereocenters. The minimum atomic E-state index is 0.381. The van der Waals surface area contributed by atoms with Crippen LogP contribution in [0.4, 0.5) is 5.95 Å². The van der Waals surface area contributed by atoms with Crippen molar-refractivity contribution in [3.8, 4) is 6.07 Å². The monoisotopic (exact) mass is 220 g/mol. The minimum Gasteiger partial charge on any atom is -0.353 e. The quantitative estimate of drug-likeness (QED) is 0.836. The highest BCUT2D eigenvalue weighted by atomic mass is 32.2. The fourth-order valence-corrected chi connectivity index (χ4v) is 2.07. The van der Waals surface area contributed by atoms with Gasteiger partial charge in [0.15, 0.2) is 0 Å². The molecule has 15 heavy (non-hydrogen) atoms. The maximum absolute atomic E-state index is 8.68. The maximum atomic E-state index is 8.68. The summed E-state index contributed by atoms with van der Waals surface area (Å²) >= 11 is 1.88. The van der Waals surface area contributed by atoms with Crippen LogP contribution in [0, 0.1) is 11.3 Å². The molecule has 78 valence electrons. The predicted octanol–water partition coefficient (Wildman–Crippen LogP) is 1.66. The fraction of sp³-hybridized carbons (Fsp3) is 0.500. The van der Waals surface area contributed by atoms with Crippen molar-refractivity contribution >= 4 is 17.7 Å². The molecule has 0 aromatic carbocycles. The van der Waals surface area contributed by atoms with E-state index in [0.717, 1.165) is 6.54 Å². The summed E-state index contributed by atoms with van der Waals surface area (Å²) in [6.07, 6.45) is 6.23. The average molecular weight is 220 g/mol. The number of hydrogen-bond acceptors (Lipinski definition) is 5. The van der Waals surface area contributed by atoms with Gasteiger partial charge in [-0.2, -0.15) is 17.0 Å². The molecule has 2 rings (SSSR count). The lowest BCUT2D eigenvalue weighted by molar-refractivity contribution is 0.924. The molecule has 1 heterocycles. The Morgan fingerprint density at radius 3 is 3.07 bits per heavy atom. The van der Waals surface area contributed by atoms with Gasteiger partial charge in [-0.15, -0.1) is 0 Å². The van der Waals surface area contributed by atoms with Crippen LogP contribution in [0.15, 0.2) is 12.3 Å². The van der Waals surface area contributed by atoms with Gasteiger partial charge >= 0.3 is 0 Å². The summed E-state index contributed by atoms with van der Waals surface area (Å²) in [6.45, 7) is 0.878. The van der Waals surface area contributed by atoms with E-state index in [1.807, 2.05) is 17.8 Å². The third-order valence-corrected chi connectivity index (χ3v) is 4.00. The molecular weight excluding hydrogens is 208 g/mol. The van der Waals surface area contributed by atoms with E-state index in [-0.39, 0.29) is 0 Å². The van der Waals surface area contributed by atoms with Crippen molar-refractivity contribution in [1.82, 2.24) is 9.97 Å². The molecule has 4 nitrogen and oxygen atoms in total. The molecule has 0 saturated heterocycles. The third kappa shape index (κ3) is 2.39.